The van der Waals surface area contributed by atoms with Gasteiger partial charge in [0.25, 0.3) is 0 Å². The number of rotatable bonds is 4. The predicted octanol–water partition coefficient (Wildman–Crippen LogP) is 3.24. The van der Waals surface area contributed by atoms with E-state index in [0.29, 0.717) is 10.0 Å². The summed E-state index contributed by atoms with van der Waals surface area (Å²) < 4.78 is 23.5. The van der Waals surface area contributed by atoms with Gasteiger partial charge < -0.3 is 29.2 Å². The van der Waals surface area contributed by atoms with Crippen LogP contribution in [-0.4, -0.2) is 47.8 Å². The Morgan fingerprint density at radius 1 is 0.786 bits per heavy atom. The molecule has 0 bridgehead atoms. The Hall–Kier alpha value is -1.22. The van der Waals surface area contributed by atoms with Crippen LogP contribution in [0.4, 0.5) is 0 Å². The second kappa shape index (κ2) is 8.65. The van der Waals surface area contributed by atoms with Crippen LogP contribution in [0.3, 0.4) is 0 Å². The van der Waals surface area contributed by atoms with Crippen molar-refractivity contribution in [3.63, 3.8) is 0 Å². The topological polar surface area (TPSA) is 77.4 Å². The normalized spacial score (nSPS) is 33.1. The molecule has 2 aliphatic heterocycles. The Labute approximate surface area is 172 Å². The van der Waals surface area contributed by atoms with Gasteiger partial charge in [0.2, 0.25) is 0 Å². The van der Waals surface area contributed by atoms with Gasteiger partial charge in [0.1, 0.15) is 24.4 Å². The molecule has 2 saturated heterocycles. The summed E-state index contributed by atoms with van der Waals surface area (Å²) in [5, 5.41) is 21.4. The first-order valence-electron chi connectivity index (χ1n) is 8.93. The minimum atomic E-state index is -0.921. The average Bonchev–Trinajstić information content (AvgIpc) is 3.14. The quantitative estimate of drug-likeness (QED) is 0.781. The zero-order chi connectivity index (χ0) is 19.7. The molecule has 2 fully saturated rings. The van der Waals surface area contributed by atoms with Gasteiger partial charge in [-0.15, -0.1) is 0 Å². The number of benzene rings is 2. The minimum Gasteiger partial charge on any atom is -0.394 e. The fraction of sp³-hybridized carbons (Fsp3) is 0.400. The van der Waals surface area contributed by atoms with Crippen molar-refractivity contribution in [2.75, 3.05) is 13.2 Å². The highest BCUT2D eigenvalue weighted by Gasteiger charge is 2.47. The molecule has 0 saturated carbocycles. The molecule has 6 atom stereocenters. The molecule has 8 heteroatoms. The number of aliphatic hydroxyl groups excluding tert-OH is 2. The summed E-state index contributed by atoms with van der Waals surface area (Å²) in [6, 6.07) is 14.1. The van der Waals surface area contributed by atoms with E-state index in [0.717, 1.165) is 11.1 Å². The Morgan fingerprint density at radius 2 is 1.32 bits per heavy atom. The summed E-state index contributed by atoms with van der Waals surface area (Å²) in [6.07, 6.45) is -4.34. The number of hydrogen-bond donors (Lipinski definition) is 2. The zero-order valence-electron chi connectivity index (χ0n) is 14.8. The molecular formula is C20H20Cl2O6. The molecule has 2 N–H and O–H groups in total. The Kier molecular flexibility index (Phi) is 6.20. The van der Waals surface area contributed by atoms with Crippen LogP contribution in [0.2, 0.25) is 10.0 Å². The summed E-state index contributed by atoms with van der Waals surface area (Å²) in [7, 11) is 0. The van der Waals surface area contributed by atoms with Gasteiger partial charge in [-0.3, -0.25) is 0 Å². The van der Waals surface area contributed by atoms with Crippen molar-refractivity contribution in [1.29, 1.82) is 0 Å². The van der Waals surface area contributed by atoms with Crippen LogP contribution in [-0.2, 0) is 18.9 Å². The van der Waals surface area contributed by atoms with E-state index < -0.39 is 37.0 Å². The molecule has 2 aliphatic rings. The fourth-order valence-corrected chi connectivity index (χ4v) is 3.61. The van der Waals surface area contributed by atoms with Crippen LogP contribution >= 0.6 is 23.2 Å². The highest BCUT2D eigenvalue weighted by Crippen LogP contribution is 2.38. The van der Waals surface area contributed by atoms with Crippen molar-refractivity contribution in [2.45, 2.75) is 37.0 Å². The van der Waals surface area contributed by atoms with Crippen LogP contribution < -0.4 is 0 Å². The fourth-order valence-electron chi connectivity index (χ4n) is 3.36. The number of halogens is 2. The van der Waals surface area contributed by atoms with Crippen molar-refractivity contribution in [3.8, 4) is 0 Å². The summed E-state index contributed by atoms with van der Waals surface area (Å²) in [6.45, 7) is -0.199. The second-order valence-electron chi connectivity index (χ2n) is 6.73. The van der Waals surface area contributed by atoms with Gasteiger partial charge in [-0.05, 0) is 24.3 Å². The molecule has 4 rings (SSSR count). The lowest BCUT2D eigenvalue weighted by Gasteiger charge is -2.37. The highest BCUT2D eigenvalue weighted by atomic mass is 35.5. The van der Waals surface area contributed by atoms with Crippen LogP contribution in [0, 0.1) is 0 Å². The predicted molar refractivity (Wildman–Crippen MR) is 102 cm³/mol. The van der Waals surface area contributed by atoms with Crippen molar-refractivity contribution in [1.82, 2.24) is 0 Å². The standard InChI is InChI=1S/C20H20Cl2O6/c21-13-5-1-11(2-6-13)19-25-10-15(24)17(27-19)18-16(9-23)26-20(28-18)12-3-7-14(22)8-4-12/h1-8,15-20,23-24H,9-10H2/t15-,16+,17+,18+,19?,20?/m1/s1. The molecule has 28 heavy (non-hydrogen) atoms. The first-order valence-corrected chi connectivity index (χ1v) is 9.68. The van der Waals surface area contributed by atoms with Gasteiger partial charge in [0.05, 0.1) is 13.2 Å². The summed E-state index contributed by atoms with van der Waals surface area (Å²) >= 11 is 11.9. The minimum absolute atomic E-state index is 0.0710. The summed E-state index contributed by atoms with van der Waals surface area (Å²) in [5.41, 5.74) is 1.54. The van der Waals surface area contributed by atoms with Gasteiger partial charge in [-0.2, -0.15) is 0 Å². The van der Waals surface area contributed by atoms with E-state index in [1.54, 1.807) is 48.5 Å². The van der Waals surface area contributed by atoms with E-state index in [1.165, 1.54) is 0 Å². The third-order valence-electron chi connectivity index (χ3n) is 4.81. The SMILES string of the molecule is OC[C@@H]1OC(c2ccc(Cl)cc2)O[C@@H]1[C@H]1OC(c2ccc(Cl)cc2)OC[C@H]1O. The summed E-state index contributed by atoms with van der Waals surface area (Å²) in [5.74, 6) is 0. The molecule has 2 aromatic carbocycles. The van der Waals surface area contributed by atoms with Gasteiger partial charge >= 0.3 is 0 Å². The van der Waals surface area contributed by atoms with Gasteiger partial charge in [-0.1, -0.05) is 47.5 Å². The Bertz CT molecular complexity index is 741. The average molecular weight is 427 g/mol. The number of aliphatic hydroxyl groups is 2. The molecule has 0 aromatic heterocycles. The number of hydrogen-bond acceptors (Lipinski definition) is 6. The smallest absolute Gasteiger partial charge is 0.184 e. The maximum Gasteiger partial charge on any atom is 0.184 e. The highest BCUT2D eigenvalue weighted by molar-refractivity contribution is 6.30. The van der Waals surface area contributed by atoms with Crippen LogP contribution in [0.5, 0.6) is 0 Å². The molecular weight excluding hydrogens is 407 g/mol. The van der Waals surface area contributed by atoms with E-state index >= 15 is 0 Å². The number of ether oxygens (including phenoxy) is 4. The Morgan fingerprint density at radius 3 is 1.89 bits per heavy atom. The van der Waals surface area contributed by atoms with Crippen molar-refractivity contribution >= 4 is 23.2 Å². The molecule has 0 amide bonds. The largest absolute Gasteiger partial charge is 0.394 e. The van der Waals surface area contributed by atoms with Crippen molar-refractivity contribution in [3.05, 3.63) is 69.7 Å². The van der Waals surface area contributed by atoms with E-state index in [4.69, 9.17) is 42.1 Å². The second-order valence-corrected chi connectivity index (χ2v) is 7.60. The lowest BCUT2D eigenvalue weighted by atomic mass is 10.0. The monoisotopic (exact) mass is 426 g/mol. The van der Waals surface area contributed by atoms with Gasteiger partial charge in [-0.25, -0.2) is 0 Å². The van der Waals surface area contributed by atoms with Crippen molar-refractivity contribution in [2.24, 2.45) is 0 Å². The van der Waals surface area contributed by atoms with E-state index in [1.807, 2.05) is 0 Å². The van der Waals surface area contributed by atoms with E-state index in [9.17, 15) is 10.2 Å². The molecule has 0 radical (unpaired) electrons. The van der Waals surface area contributed by atoms with Gasteiger partial charge in [0.15, 0.2) is 12.6 Å². The van der Waals surface area contributed by atoms with Gasteiger partial charge in [0, 0.05) is 21.2 Å². The molecule has 2 heterocycles. The maximum atomic E-state index is 10.4. The van der Waals surface area contributed by atoms with Crippen LogP contribution in [0.1, 0.15) is 23.7 Å². The van der Waals surface area contributed by atoms with E-state index in [-0.39, 0.29) is 13.2 Å². The Balaban J connectivity index is 1.51. The molecule has 2 aromatic rings. The van der Waals surface area contributed by atoms with E-state index in [2.05, 4.69) is 0 Å². The first-order chi connectivity index (χ1) is 13.5. The molecule has 2 unspecified atom stereocenters. The van der Waals surface area contributed by atoms with Crippen LogP contribution in [0.15, 0.2) is 48.5 Å². The third kappa shape index (κ3) is 4.20. The zero-order valence-corrected chi connectivity index (χ0v) is 16.3. The molecule has 0 spiro atoms. The van der Waals surface area contributed by atoms with Crippen LogP contribution in [0.25, 0.3) is 0 Å². The maximum absolute atomic E-state index is 10.4. The molecule has 6 nitrogen and oxygen atoms in total. The lowest BCUT2D eigenvalue weighted by Crippen LogP contribution is -2.51. The first kappa shape index (κ1) is 20.1. The molecule has 0 aliphatic carbocycles. The van der Waals surface area contributed by atoms with Crippen molar-refractivity contribution < 1.29 is 29.2 Å². The third-order valence-corrected chi connectivity index (χ3v) is 5.32. The molecule has 150 valence electrons. The summed E-state index contributed by atoms with van der Waals surface area (Å²) in [4.78, 5) is 0. The lowest BCUT2D eigenvalue weighted by molar-refractivity contribution is -0.279.